The van der Waals surface area contributed by atoms with Gasteiger partial charge in [-0.25, -0.2) is 0 Å². The number of benzene rings is 1. The zero-order valence-corrected chi connectivity index (χ0v) is 9.56. The van der Waals surface area contributed by atoms with Crippen molar-refractivity contribution < 1.29 is 9.57 Å². The van der Waals surface area contributed by atoms with E-state index in [0.29, 0.717) is 6.61 Å². The molecule has 0 saturated carbocycles. The Hall–Kier alpha value is -1.79. The monoisotopic (exact) mass is 217 g/mol. The van der Waals surface area contributed by atoms with Crippen molar-refractivity contribution in [3.05, 3.63) is 35.4 Å². The van der Waals surface area contributed by atoms with Crippen LogP contribution in [0.25, 0.3) is 0 Å². The highest BCUT2D eigenvalue weighted by Crippen LogP contribution is 2.05. The average Bonchev–Trinajstić information content (AvgIpc) is 2.29. The molecule has 84 valence electrons. The van der Waals surface area contributed by atoms with Gasteiger partial charge in [0.15, 0.2) is 6.61 Å². The van der Waals surface area contributed by atoms with Gasteiger partial charge < -0.3 is 9.57 Å². The molecule has 0 heterocycles. The Kier molecular flexibility index (Phi) is 5.10. The summed E-state index contributed by atoms with van der Waals surface area (Å²) in [6.07, 6.45) is 5.07. The molecule has 0 N–H and O–H groups in total. The lowest BCUT2D eigenvalue weighted by Gasteiger charge is -2.05. The van der Waals surface area contributed by atoms with E-state index in [1.165, 1.54) is 5.56 Å². The SMILES string of the molecule is C#CCO/N=C(\COC)c1ccc(C)cc1. The van der Waals surface area contributed by atoms with Gasteiger partial charge in [-0.15, -0.1) is 6.42 Å². The second kappa shape index (κ2) is 6.65. The second-order valence-electron chi connectivity index (χ2n) is 3.31. The number of oxime groups is 1. The Morgan fingerprint density at radius 2 is 2.06 bits per heavy atom. The van der Waals surface area contributed by atoms with Crippen LogP contribution in [-0.2, 0) is 9.57 Å². The standard InChI is InChI=1S/C13H15NO2/c1-4-9-16-14-13(10-15-3)12-7-5-11(2)6-8-12/h1,5-8H,9-10H2,2-3H3/b14-13+. The fourth-order valence-electron chi connectivity index (χ4n) is 1.19. The maximum absolute atomic E-state index is 5.07. The first-order valence-corrected chi connectivity index (χ1v) is 4.96. The van der Waals surface area contributed by atoms with Crippen molar-refractivity contribution in [3.63, 3.8) is 0 Å². The number of nitrogens with zero attached hydrogens (tertiary/aromatic N) is 1. The van der Waals surface area contributed by atoms with Gasteiger partial charge in [0.05, 0.1) is 6.61 Å². The normalized spacial score (nSPS) is 10.9. The highest BCUT2D eigenvalue weighted by Gasteiger charge is 2.03. The first-order valence-electron chi connectivity index (χ1n) is 4.96. The lowest BCUT2D eigenvalue weighted by molar-refractivity contribution is 0.173. The summed E-state index contributed by atoms with van der Waals surface area (Å²) in [4.78, 5) is 4.95. The van der Waals surface area contributed by atoms with E-state index in [0.717, 1.165) is 11.3 Å². The van der Waals surface area contributed by atoms with E-state index in [1.807, 2.05) is 31.2 Å². The van der Waals surface area contributed by atoms with Gasteiger partial charge in [0, 0.05) is 12.7 Å². The molecule has 16 heavy (non-hydrogen) atoms. The van der Waals surface area contributed by atoms with Crippen LogP contribution in [0.1, 0.15) is 11.1 Å². The van der Waals surface area contributed by atoms with Gasteiger partial charge >= 0.3 is 0 Å². The molecule has 0 fully saturated rings. The van der Waals surface area contributed by atoms with Crippen LogP contribution < -0.4 is 0 Å². The molecule has 0 unspecified atom stereocenters. The molecule has 0 aliphatic heterocycles. The fourth-order valence-corrected chi connectivity index (χ4v) is 1.19. The van der Waals surface area contributed by atoms with E-state index >= 15 is 0 Å². The summed E-state index contributed by atoms with van der Waals surface area (Å²) in [6.45, 7) is 2.60. The minimum Gasteiger partial charge on any atom is -0.382 e. The summed E-state index contributed by atoms with van der Waals surface area (Å²) in [5.74, 6) is 2.36. The van der Waals surface area contributed by atoms with Gasteiger partial charge in [-0.1, -0.05) is 40.9 Å². The van der Waals surface area contributed by atoms with Crippen molar-refractivity contribution in [1.29, 1.82) is 0 Å². The lowest BCUT2D eigenvalue weighted by atomic mass is 10.1. The molecule has 0 aliphatic rings. The van der Waals surface area contributed by atoms with E-state index in [-0.39, 0.29) is 6.61 Å². The summed E-state index contributed by atoms with van der Waals surface area (Å²) in [5.41, 5.74) is 2.91. The molecule has 0 aromatic heterocycles. The van der Waals surface area contributed by atoms with Crippen LogP contribution in [0, 0.1) is 19.3 Å². The fraction of sp³-hybridized carbons (Fsp3) is 0.308. The Labute approximate surface area is 96.1 Å². The molecular formula is C13H15NO2. The van der Waals surface area contributed by atoms with Crippen LogP contribution in [-0.4, -0.2) is 26.0 Å². The molecule has 0 atom stereocenters. The largest absolute Gasteiger partial charge is 0.382 e. The number of rotatable bonds is 5. The minimum atomic E-state index is 0.166. The molecule has 1 aromatic carbocycles. The summed E-state index contributed by atoms with van der Waals surface area (Å²) in [6, 6.07) is 7.99. The van der Waals surface area contributed by atoms with E-state index in [4.69, 9.17) is 16.0 Å². The Balaban J connectivity index is 2.81. The zero-order valence-electron chi connectivity index (χ0n) is 9.56. The molecule has 1 rings (SSSR count). The highest BCUT2D eigenvalue weighted by atomic mass is 16.6. The third-order valence-electron chi connectivity index (χ3n) is 1.99. The highest BCUT2D eigenvalue weighted by molar-refractivity contribution is 6.01. The number of hydrogen-bond donors (Lipinski definition) is 0. The van der Waals surface area contributed by atoms with Crippen molar-refractivity contribution in [3.8, 4) is 12.3 Å². The van der Waals surface area contributed by atoms with Crippen molar-refractivity contribution in [1.82, 2.24) is 0 Å². The van der Waals surface area contributed by atoms with Crippen molar-refractivity contribution in [2.75, 3.05) is 20.3 Å². The maximum atomic E-state index is 5.07. The summed E-state index contributed by atoms with van der Waals surface area (Å²) >= 11 is 0. The van der Waals surface area contributed by atoms with Gasteiger partial charge in [0.25, 0.3) is 0 Å². The second-order valence-corrected chi connectivity index (χ2v) is 3.31. The van der Waals surface area contributed by atoms with Crippen LogP contribution in [0.3, 0.4) is 0 Å². The van der Waals surface area contributed by atoms with Gasteiger partial charge in [0.1, 0.15) is 5.71 Å². The van der Waals surface area contributed by atoms with Crippen LogP contribution in [0.5, 0.6) is 0 Å². The van der Waals surface area contributed by atoms with Crippen molar-refractivity contribution >= 4 is 5.71 Å². The van der Waals surface area contributed by atoms with Crippen LogP contribution in [0.15, 0.2) is 29.4 Å². The zero-order chi connectivity index (χ0) is 11.8. The first-order chi connectivity index (χ1) is 7.77. The Morgan fingerprint density at radius 1 is 1.38 bits per heavy atom. The van der Waals surface area contributed by atoms with E-state index < -0.39 is 0 Å². The summed E-state index contributed by atoms with van der Waals surface area (Å²) in [7, 11) is 1.62. The van der Waals surface area contributed by atoms with Crippen molar-refractivity contribution in [2.45, 2.75) is 6.92 Å². The lowest BCUT2D eigenvalue weighted by Crippen LogP contribution is -2.09. The smallest absolute Gasteiger partial charge is 0.177 e. The van der Waals surface area contributed by atoms with Crippen molar-refractivity contribution in [2.24, 2.45) is 5.16 Å². The Bertz CT molecular complexity index is 387. The molecular weight excluding hydrogens is 202 g/mol. The molecule has 0 bridgehead atoms. The molecule has 0 saturated heterocycles. The number of ether oxygens (including phenoxy) is 1. The molecule has 3 heteroatoms. The average molecular weight is 217 g/mol. The summed E-state index contributed by atoms with van der Waals surface area (Å²) < 4.78 is 5.06. The quantitative estimate of drug-likeness (QED) is 0.327. The van der Waals surface area contributed by atoms with E-state index in [2.05, 4.69) is 11.1 Å². The number of aryl methyl sites for hydroxylation is 1. The molecule has 0 radical (unpaired) electrons. The van der Waals surface area contributed by atoms with Crippen LogP contribution in [0.2, 0.25) is 0 Å². The summed E-state index contributed by atoms with van der Waals surface area (Å²) in [5, 5.41) is 3.95. The van der Waals surface area contributed by atoms with Crippen LogP contribution in [0.4, 0.5) is 0 Å². The Morgan fingerprint density at radius 3 is 2.62 bits per heavy atom. The van der Waals surface area contributed by atoms with E-state index in [1.54, 1.807) is 7.11 Å². The maximum Gasteiger partial charge on any atom is 0.177 e. The number of methoxy groups -OCH3 is 1. The first kappa shape index (κ1) is 12.3. The van der Waals surface area contributed by atoms with Gasteiger partial charge in [-0.3, -0.25) is 0 Å². The molecule has 0 spiro atoms. The number of hydrogen-bond acceptors (Lipinski definition) is 3. The molecule has 0 aliphatic carbocycles. The molecule has 3 nitrogen and oxygen atoms in total. The van der Waals surface area contributed by atoms with Gasteiger partial charge in [-0.2, -0.15) is 0 Å². The predicted octanol–water partition coefficient (Wildman–Crippen LogP) is 2.00. The topological polar surface area (TPSA) is 30.8 Å². The number of terminal acetylenes is 1. The molecule has 0 amide bonds. The van der Waals surface area contributed by atoms with E-state index in [9.17, 15) is 0 Å². The van der Waals surface area contributed by atoms with Gasteiger partial charge in [-0.05, 0) is 6.92 Å². The predicted molar refractivity (Wildman–Crippen MR) is 64.4 cm³/mol. The van der Waals surface area contributed by atoms with Gasteiger partial charge in [0.2, 0.25) is 0 Å². The molecule has 1 aromatic rings. The minimum absolute atomic E-state index is 0.166. The van der Waals surface area contributed by atoms with Crippen LogP contribution >= 0.6 is 0 Å². The third kappa shape index (κ3) is 3.76. The third-order valence-corrected chi connectivity index (χ3v) is 1.99.